The molecule has 0 unspecified atom stereocenters. The van der Waals surface area contributed by atoms with Gasteiger partial charge in [0.1, 0.15) is 0 Å². The normalized spacial score (nSPS) is 3.71. The minimum Gasteiger partial charge on any atom is -0.542 e. The molecule has 2 nitrogen and oxygen atoms in total. The van der Waals surface area contributed by atoms with Gasteiger partial charge in [0, 0.05) is 32.7 Å². The van der Waals surface area contributed by atoms with Gasteiger partial charge in [-0.25, -0.2) is 0 Å². The molecule has 0 aliphatic carbocycles. The fraction of sp³-hybridized carbons (Fsp3) is 0.500. The molecule has 39 valence electrons. The molecule has 1 radical (unpaired) electrons. The first-order valence-electron chi connectivity index (χ1n) is 1.41. The fourth-order valence-corrected chi connectivity index (χ4v) is 0. The molecule has 0 aromatic rings. The van der Waals surface area contributed by atoms with Crippen LogP contribution in [0.2, 0.25) is 0 Å². The predicted octanol–water partition coefficient (Wildman–Crippen LogP) is 0.230. The third-order valence-electron chi connectivity index (χ3n) is 0. The summed E-state index contributed by atoms with van der Waals surface area (Å²) in [6.45, 7) is 2.64. The molecule has 0 N–H and O–H groups in total. The summed E-state index contributed by atoms with van der Waals surface area (Å²) in [5, 5.41) is 0. The van der Waals surface area contributed by atoms with Gasteiger partial charge in [0.05, 0.1) is 0 Å². The Kier molecular flexibility index (Phi) is 71.5. The molecule has 0 spiro atoms. The van der Waals surface area contributed by atoms with Crippen LogP contribution >= 0.6 is 0 Å². The van der Waals surface area contributed by atoms with Crippen LogP contribution in [0.5, 0.6) is 0 Å². The Hall–Kier alpha value is 0.444. The fourth-order valence-electron chi connectivity index (χ4n) is 0. The van der Waals surface area contributed by atoms with E-state index >= 15 is 0 Å². The maximum atomic E-state index is 8.68. The van der Waals surface area contributed by atoms with E-state index < -0.39 is 0 Å². The maximum Gasteiger partial charge on any atom is 0 e. The molecule has 0 heterocycles. The Labute approximate surface area is 68.5 Å². The monoisotopic (exact) mass is 175 g/mol. The summed E-state index contributed by atoms with van der Waals surface area (Å²) in [6.07, 6.45) is 3.00. The summed E-state index contributed by atoms with van der Waals surface area (Å²) in [7, 11) is 0. The Morgan fingerprint density at radius 1 is 1.00 bits per heavy atom. The second-order valence-corrected chi connectivity index (χ2v) is 0.408. The minimum atomic E-state index is 0. The minimum absolute atomic E-state index is 0. The Balaban J connectivity index is -0.0000000400. The van der Waals surface area contributed by atoms with Crippen molar-refractivity contribution in [3.05, 3.63) is 0 Å². The van der Waals surface area contributed by atoms with E-state index in [-0.39, 0.29) is 32.7 Å². The van der Waals surface area contributed by atoms with E-state index in [1.807, 2.05) is 0 Å². The Morgan fingerprint density at radius 3 is 1.00 bits per heavy atom. The molecule has 0 aromatic heterocycles. The molecule has 3 heteroatoms. The number of carbonyl (C=O) groups excluding carboxylic acids is 2. The van der Waals surface area contributed by atoms with Crippen LogP contribution in [0.4, 0.5) is 0 Å². The van der Waals surface area contributed by atoms with Gasteiger partial charge >= 0.3 is 0 Å². The summed E-state index contributed by atoms with van der Waals surface area (Å²) in [5.41, 5.74) is 0. The standard InChI is InChI=1S/2C2H3O.Y/c2*1-2-3;/h2*1H3;/q2*-1;. The van der Waals surface area contributed by atoms with Crippen LogP contribution in [0.25, 0.3) is 0 Å². The summed E-state index contributed by atoms with van der Waals surface area (Å²) in [5.74, 6) is 0. The molecule has 0 bridgehead atoms. The van der Waals surface area contributed by atoms with Crippen molar-refractivity contribution < 1.29 is 42.3 Å². The van der Waals surface area contributed by atoms with E-state index in [0.29, 0.717) is 0 Å². The van der Waals surface area contributed by atoms with E-state index in [4.69, 9.17) is 9.59 Å². The molecule has 0 saturated carbocycles. The number of hydrogen-bond acceptors (Lipinski definition) is 2. The molecule has 0 amide bonds. The van der Waals surface area contributed by atoms with Gasteiger partial charge in [0.25, 0.3) is 0 Å². The Morgan fingerprint density at radius 2 is 1.00 bits per heavy atom. The maximum absolute atomic E-state index is 8.68. The van der Waals surface area contributed by atoms with Gasteiger partial charge in [-0.15, -0.1) is 0 Å². The van der Waals surface area contributed by atoms with Crippen molar-refractivity contribution in [3.63, 3.8) is 0 Å². The van der Waals surface area contributed by atoms with Crippen molar-refractivity contribution >= 4 is 12.6 Å². The van der Waals surface area contributed by atoms with Crippen LogP contribution in [0.15, 0.2) is 0 Å². The molecule has 0 aliphatic heterocycles. The molecule has 0 aromatic carbocycles. The third-order valence-corrected chi connectivity index (χ3v) is 0. The van der Waals surface area contributed by atoms with E-state index in [2.05, 4.69) is 0 Å². The molecular weight excluding hydrogens is 169 g/mol. The van der Waals surface area contributed by atoms with Crippen LogP contribution < -0.4 is 0 Å². The summed E-state index contributed by atoms with van der Waals surface area (Å²) in [6, 6.07) is 0. The van der Waals surface area contributed by atoms with Crippen LogP contribution in [-0.4, -0.2) is 12.6 Å². The molecule has 0 atom stereocenters. The summed E-state index contributed by atoms with van der Waals surface area (Å²) >= 11 is 0. The molecule has 0 fully saturated rings. The summed E-state index contributed by atoms with van der Waals surface area (Å²) < 4.78 is 0. The quantitative estimate of drug-likeness (QED) is 0.494. The van der Waals surface area contributed by atoms with Gasteiger partial charge in [0.15, 0.2) is 0 Å². The number of hydrogen-bond donors (Lipinski definition) is 0. The largest absolute Gasteiger partial charge is 0.542 e. The van der Waals surface area contributed by atoms with E-state index in [1.54, 1.807) is 0 Å². The van der Waals surface area contributed by atoms with Gasteiger partial charge in [-0.1, -0.05) is 0 Å². The van der Waals surface area contributed by atoms with Crippen molar-refractivity contribution in [3.8, 4) is 0 Å². The van der Waals surface area contributed by atoms with E-state index in [0.717, 1.165) is 0 Å². The topological polar surface area (TPSA) is 34.1 Å². The van der Waals surface area contributed by atoms with Crippen LogP contribution in [0, 0.1) is 0 Å². The molecular formula is C4H6O2Y-2. The van der Waals surface area contributed by atoms with Crippen LogP contribution in [0.3, 0.4) is 0 Å². The van der Waals surface area contributed by atoms with Crippen LogP contribution in [-0.2, 0) is 42.3 Å². The van der Waals surface area contributed by atoms with Crippen molar-refractivity contribution in [1.29, 1.82) is 0 Å². The van der Waals surface area contributed by atoms with Gasteiger partial charge in [-0.2, -0.15) is 13.8 Å². The molecule has 0 saturated heterocycles. The number of rotatable bonds is 0. The SMILES string of the molecule is C[C-]=O.C[C-]=O.[Y]. The summed E-state index contributed by atoms with van der Waals surface area (Å²) in [4.78, 5) is 17.4. The zero-order valence-electron chi connectivity index (χ0n) is 4.39. The predicted molar refractivity (Wildman–Crippen MR) is 22.7 cm³/mol. The smallest absolute Gasteiger partial charge is 0 e. The zero-order valence-corrected chi connectivity index (χ0v) is 7.23. The first-order chi connectivity index (χ1) is 2.83. The van der Waals surface area contributed by atoms with Gasteiger partial charge < -0.3 is 9.59 Å². The first-order valence-corrected chi connectivity index (χ1v) is 1.41. The van der Waals surface area contributed by atoms with Gasteiger partial charge in [-0.05, 0) is 0 Å². The van der Waals surface area contributed by atoms with Crippen molar-refractivity contribution in [1.82, 2.24) is 0 Å². The average molecular weight is 175 g/mol. The van der Waals surface area contributed by atoms with Gasteiger partial charge in [-0.3, -0.25) is 12.6 Å². The van der Waals surface area contributed by atoms with Crippen molar-refractivity contribution in [2.75, 3.05) is 0 Å². The molecule has 7 heavy (non-hydrogen) atoms. The molecule has 0 rings (SSSR count). The van der Waals surface area contributed by atoms with E-state index in [1.165, 1.54) is 26.4 Å². The average Bonchev–Trinajstić information content (AvgIpc) is 1.39. The van der Waals surface area contributed by atoms with Crippen molar-refractivity contribution in [2.45, 2.75) is 13.8 Å². The third kappa shape index (κ3) is 646. The second-order valence-electron chi connectivity index (χ2n) is 0.408. The first kappa shape index (κ1) is 15.7. The second kappa shape index (κ2) is 32.0. The van der Waals surface area contributed by atoms with Crippen LogP contribution in [0.1, 0.15) is 13.8 Å². The Bertz CT molecular complexity index is 30.7. The van der Waals surface area contributed by atoms with Crippen molar-refractivity contribution in [2.24, 2.45) is 0 Å². The molecule has 0 aliphatic rings. The van der Waals surface area contributed by atoms with E-state index in [9.17, 15) is 0 Å². The van der Waals surface area contributed by atoms with Gasteiger partial charge in [0.2, 0.25) is 0 Å². The zero-order chi connectivity index (χ0) is 5.41.